The maximum absolute atomic E-state index is 12.3. The number of amides is 2. The summed E-state index contributed by atoms with van der Waals surface area (Å²) in [6.07, 6.45) is 0. The predicted octanol–water partition coefficient (Wildman–Crippen LogP) is 1.85. The van der Waals surface area contributed by atoms with Gasteiger partial charge in [-0.3, -0.25) is 9.59 Å². The zero-order chi connectivity index (χ0) is 13.2. The van der Waals surface area contributed by atoms with E-state index in [0.29, 0.717) is 11.3 Å². The molecule has 94 valence electrons. The number of nitrogens with zero attached hydrogens (tertiary/aromatic N) is 1. The molecule has 1 aliphatic heterocycles. The standard InChI is InChI=1S/C14H15NO3/c1-7-8(5-4-6-9(7)16)15-12(17)10-11(13(15)18)14(10,2)3/h4-6,10-11,16H,1-3H3. The number of hydrogen-bond acceptors (Lipinski definition) is 3. The van der Waals surface area contributed by atoms with Crippen molar-refractivity contribution in [2.75, 3.05) is 4.90 Å². The average molecular weight is 245 g/mol. The number of carbonyl (C=O) groups is 2. The summed E-state index contributed by atoms with van der Waals surface area (Å²) in [7, 11) is 0. The second-order valence-electron chi connectivity index (χ2n) is 5.71. The zero-order valence-electron chi connectivity index (χ0n) is 10.6. The van der Waals surface area contributed by atoms with Crippen LogP contribution in [0.25, 0.3) is 0 Å². The Morgan fingerprint density at radius 3 is 2.28 bits per heavy atom. The van der Waals surface area contributed by atoms with Crippen molar-refractivity contribution in [1.82, 2.24) is 0 Å². The Kier molecular flexibility index (Phi) is 1.96. The average Bonchev–Trinajstić information content (AvgIpc) is 2.75. The number of hydrogen-bond donors (Lipinski definition) is 1. The third-order valence-electron chi connectivity index (χ3n) is 4.32. The highest BCUT2D eigenvalue weighted by atomic mass is 16.3. The molecule has 1 aliphatic carbocycles. The van der Waals surface area contributed by atoms with Gasteiger partial charge in [-0.15, -0.1) is 0 Å². The van der Waals surface area contributed by atoms with Gasteiger partial charge in [0, 0.05) is 5.56 Å². The van der Waals surface area contributed by atoms with E-state index in [1.807, 2.05) is 13.8 Å². The number of anilines is 1. The lowest BCUT2D eigenvalue weighted by Gasteiger charge is -2.22. The first-order valence-corrected chi connectivity index (χ1v) is 6.03. The van der Waals surface area contributed by atoms with Gasteiger partial charge in [-0.1, -0.05) is 19.9 Å². The first-order chi connectivity index (χ1) is 8.37. The van der Waals surface area contributed by atoms with Crippen molar-refractivity contribution in [1.29, 1.82) is 0 Å². The topological polar surface area (TPSA) is 57.6 Å². The van der Waals surface area contributed by atoms with Crippen molar-refractivity contribution in [3.05, 3.63) is 23.8 Å². The maximum atomic E-state index is 12.3. The number of aromatic hydroxyl groups is 1. The number of carbonyl (C=O) groups excluding carboxylic acids is 2. The molecule has 4 heteroatoms. The van der Waals surface area contributed by atoms with E-state index in [0.717, 1.165) is 0 Å². The largest absolute Gasteiger partial charge is 0.508 e. The summed E-state index contributed by atoms with van der Waals surface area (Å²) in [5, 5.41) is 9.66. The molecule has 18 heavy (non-hydrogen) atoms. The van der Waals surface area contributed by atoms with E-state index < -0.39 is 0 Å². The minimum absolute atomic E-state index is 0.105. The number of fused-ring (bicyclic) bond motifs is 1. The molecule has 0 radical (unpaired) electrons. The molecule has 2 fully saturated rings. The van der Waals surface area contributed by atoms with Gasteiger partial charge < -0.3 is 5.11 Å². The molecule has 2 unspecified atom stereocenters. The predicted molar refractivity (Wildman–Crippen MR) is 66.1 cm³/mol. The highest BCUT2D eigenvalue weighted by Gasteiger charge is 2.72. The van der Waals surface area contributed by atoms with Gasteiger partial charge >= 0.3 is 0 Å². The van der Waals surface area contributed by atoms with Gasteiger partial charge in [0.1, 0.15) is 5.75 Å². The van der Waals surface area contributed by atoms with Crippen molar-refractivity contribution in [2.24, 2.45) is 17.3 Å². The van der Waals surface area contributed by atoms with Gasteiger partial charge in [0.25, 0.3) is 0 Å². The lowest BCUT2D eigenvalue weighted by atomic mass is 10.0. The van der Waals surface area contributed by atoms with E-state index in [4.69, 9.17) is 0 Å². The van der Waals surface area contributed by atoms with Gasteiger partial charge in [0.15, 0.2) is 0 Å². The third-order valence-corrected chi connectivity index (χ3v) is 4.32. The summed E-state index contributed by atoms with van der Waals surface area (Å²) in [6, 6.07) is 4.89. The molecule has 0 spiro atoms. The molecule has 4 nitrogen and oxygen atoms in total. The Labute approximate surface area is 105 Å². The van der Waals surface area contributed by atoms with E-state index in [-0.39, 0.29) is 34.8 Å². The number of phenols is 1. The van der Waals surface area contributed by atoms with Gasteiger partial charge in [-0.25, -0.2) is 4.90 Å². The van der Waals surface area contributed by atoms with Crippen LogP contribution in [0.1, 0.15) is 19.4 Å². The Balaban J connectivity index is 2.04. The Bertz CT molecular complexity index is 552. The minimum Gasteiger partial charge on any atom is -0.508 e. The number of rotatable bonds is 1. The van der Waals surface area contributed by atoms with Gasteiger partial charge in [0.05, 0.1) is 17.5 Å². The Morgan fingerprint density at radius 2 is 1.72 bits per heavy atom. The van der Waals surface area contributed by atoms with Gasteiger partial charge in [0.2, 0.25) is 11.8 Å². The van der Waals surface area contributed by atoms with Crippen LogP contribution in [0.15, 0.2) is 18.2 Å². The Morgan fingerprint density at radius 1 is 1.17 bits per heavy atom. The third kappa shape index (κ3) is 1.15. The van der Waals surface area contributed by atoms with Crippen LogP contribution >= 0.6 is 0 Å². The maximum Gasteiger partial charge on any atom is 0.238 e. The number of phenolic OH excluding ortho intramolecular Hbond substituents is 1. The van der Waals surface area contributed by atoms with Crippen LogP contribution in [0.5, 0.6) is 5.75 Å². The molecule has 0 bridgehead atoms. The lowest BCUT2D eigenvalue weighted by molar-refractivity contribution is -0.125. The summed E-state index contributed by atoms with van der Waals surface area (Å²) < 4.78 is 0. The Hall–Kier alpha value is -1.84. The molecule has 2 atom stereocenters. The molecular formula is C14H15NO3. The van der Waals surface area contributed by atoms with Crippen molar-refractivity contribution in [3.8, 4) is 5.75 Å². The van der Waals surface area contributed by atoms with Crippen LogP contribution in [-0.4, -0.2) is 16.9 Å². The molecule has 0 aromatic heterocycles. The molecule has 2 aliphatic rings. The molecule has 1 heterocycles. The second kappa shape index (κ2) is 3.13. The number of benzene rings is 1. The number of piperidine rings is 1. The second-order valence-corrected chi connectivity index (χ2v) is 5.71. The molecule has 1 aromatic carbocycles. The van der Waals surface area contributed by atoms with E-state index >= 15 is 0 Å². The number of imide groups is 1. The molecule has 1 N–H and O–H groups in total. The fourth-order valence-electron chi connectivity index (χ4n) is 3.04. The molecule has 2 amide bonds. The summed E-state index contributed by atoms with van der Waals surface area (Å²) >= 11 is 0. The van der Waals surface area contributed by atoms with Crippen molar-refractivity contribution in [2.45, 2.75) is 20.8 Å². The smallest absolute Gasteiger partial charge is 0.238 e. The first-order valence-electron chi connectivity index (χ1n) is 6.03. The van der Waals surface area contributed by atoms with Crippen LogP contribution in [0.2, 0.25) is 0 Å². The highest BCUT2D eigenvalue weighted by molar-refractivity contribution is 6.26. The van der Waals surface area contributed by atoms with E-state index in [9.17, 15) is 14.7 Å². The van der Waals surface area contributed by atoms with Crippen molar-refractivity contribution >= 4 is 17.5 Å². The normalized spacial score (nSPS) is 28.5. The van der Waals surface area contributed by atoms with E-state index in [1.165, 1.54) is 4.90 Å². The van der Waals surface area contributed by atoms with Crippen LogP contribution in [0.4, 0.5) is 5.69 Å². The van der Waals surface area contributed by atoms with Crippen LogP contribution in [-0.2, 0) is 9.59 Å². The van der Waals surface area contributed by atoms with E-state index in [2.05, 4.69) is 0 Å². The summed E-state index contributed by atoms with van der Waals surface area (Å²) in [4.78, 5) is 25.8. The van der Waals surface area contributed by atoms with Crippen LogP contribution < -0.4 is 4.90 Å². The summed E-state index contributed by atoms with van der Waals surface area (Å²) in [5.41, 5.74) is 0.876. The highest BCUT2D eigenvalue weighted by Crippen LogP contribution is 2.63. The quantitative estimate of drug-likeness (QED) is 0.768. The fourth-order valence-corrected chi connectivity index (χ4v) is 3.04. The molecular weight excluding hydrogens is 230 g/mol. The molecule has 1 saturated heterocycles. The van der Waals surface area contributed by atoms with E-state index in [1.54, 1.807) is 25.1 Å². The van der Waals surface area contributed by atoms with Crippen LogP contribution in [0.3, 0.4) is 0 Å². The molecule has 3 rings (SSSR count). The molecule has 1 saturated carbocycles. The zero-order valence-corrected chi connectivity index (χ0v) is 10.6. The fraction of sp³-hybridized carbons (Fsp3) is 0.429. The minimum atomic E-state index is -0.199. The van der Waals surface area contributed by atoms with Crippen LogP contribution in [0, 0.1) is 24.2 Å². The lowest BCUT2D eigenvalue weighted by Crippen LogP contribution is -2.36. The van der Waals surface area contributed by atoms with Crippen molar-refractivity contribution in [3.63, 3.8) is 0 Å². The van der Waals surface area contributed by atoms with Gasteiger partial charge in [-0.2, -0.15) is 0 Å². The first kappa shape index (κ1) is 11.3. The monoisotopic (exact) mass is 245 g/mol. The SMILES string of the molecule is Cc1c(O)cccc1N1C(=O)C2C(C1=O)C2(C)C. The molecule has 1 aromatic rings. The summed E-state index contributed by atoms with van der Waals surface area (Å²) in [6.45, 7) is 5.61. The summed E-state index contributed by atoms with van der Waals surface area (Å²) in [5.74, 6) is -0.543. The van der Waals surface area contributed by atoms with Gasteiger partial charge in [-0.05, 0) is 24.5 Å². The van der Waals surface area contributed by atoms with Crippen molar-refractivity contribution < 1.29 is 14.7 Å².